The van der Waals surface area contributed by atoms with Crippen LogP contribution in [-0.2, 0) is 18.8 Å². The Bertz CT molecular complexity index is 963. The number of carbonyl (C=O) groups excluding carboxylic acids is 2. The van der Waals surface area contributed by atoms with E-state index in [-0.39, 0.29) is 29.2 Å². The van der Waals surface area contributed by atoms with E-state index >= 15 is 0 Å². The summed E-state index contributed by atoms with van der Waals surface area (Å²) in [6, 6.07) is 0. The molecule has 0 aromatic rings. The molecule has 5 atom stereocenters. The maximum atomic E-state index is 12.0. The van der Waals surface area contributed by atoms with Crippen LogP contribution in [0, 0.1) is 28.6 Å². The second-order valence-electron chi connectivity index (χ2n) is 11.6. The Kier molecular flexibility index (Phi) is 5.72. The first-order chi connectivity index (χ1) is 14.8. The minimum atomic E-state index is -1.87. The normalized spacial score (nSPS) is 37.6. The van der Waals surface area contributed by atoms with Gasteiger partial charge in [-0.05, 0) is 93.1 Å². The SMILES string of the molecule is CC(=O)OCC(O[Si](C)(C)C)=C1C(C)CC2C3CCC4=CC(=O)C=CC4(C)C3=CCC12C. The molecule has 2 fully saturated rings. The molecule has 0 N–H and O–H groups in total. The number of carbonyl (C=O) groups is 2. The van der Waals surface area contributed by atoms with Gasteiger partial charge in [0.25, 0.3) is 0 Å². The van der Waals surface area contributed by atoms with Crippen LogP contribution in [0.25, 0.3) is 0 Å². The van der Waals surface area contributed by atoms with Crippen molar-refractivity contribution in [1.29, 1.82) is 0 Å². The highest BCUT2D eigenvalue weighted by atomic mass is 28.4. The van der Waals surface area contributed by atoms with E-state index in [0.29, 0.717) is 17.8 Å². The molecule has 0 heterocycles. The van der Waals surface area contributed by atoms with Crippen LogP contribution in [0.4, 0.5) is 0 Å². The number of ether oxygens (including phenoxy) is 1. The minimum Gasteiger partial charge on any atom is -0.545 e. The van der Waals surface area contributed by atoms with E-state index in [2.05, 4.69) is 52.6 Å². The Labute approximate surface area is 194 Å². The van der Waals surface area contributed by atoms with Gasteiger partial charge in [0, 0.05) is 12.3 Å². The van der Waals surface area contributed by atoms with Crippen molar-refractivity contribution in [3.8, 4) is 0 Å². The fourth-order valence-corrected chi connectivity index (χ4v) is 7.89. The first kappa shape index (κ1) is 23.3. The summed E-state index contributed by atoms with van der Waals surface area (Å²) >= 11 is 0. The molecule has 0 aliphatic heterocycles. The summed E-state index contributed by atoms with van der Waals surface area (Å²) in [4.78, 5) is 23.6. The molecule has 4 nitrogen and oxygen atoms in total. The van der Waals surface area contributed by atoms with Gasteiger partial charge in [-0.1, -0.05) is 37.1 Å². The predicted octanol–water partition coefficient (Wildman–Crippen LogP) is 6.13. The number of ketones is 1. The molecule has 0 aromatic heterocycles. The summed E-state index contributed by atoms with van der Waals surface area (Å²) in [5.41, 5.74) is 4.03. The first-order valence-corrected chi connectivity index (χ1v) is 15.5. The molecule has 0 aromatic carbocycles. The monoisotopic (exact) mass is 454 g/mol. The van der Waals surface area contributed by atoms with Crippen molar-refractivity contribution in [3.63, 3.8) is 0 Å². The topological polar surface area (TPSA) is 52.6 Å². The maximum Gasteiger partial charge on any atom is 0.303 e. The zero-order valence-corrected chi connectivity index (χ0v) is 21.7. The van der Waals surface area contributed by atoms with Crippen molar-refractivity contribution >= 4 is 20.1 Å². The van der Waals surface area contributed by atoms with Crippen LogP contribution in [0.15, 0.2) is 46.8 Å². The summed E-state index contributed by atoms with van der Waals surface area (Å²) in [5.74, 6) is 2.20. The Morgan fingerprint density at radius 3 is 2.62 bits per heavy atom. The van der Waals surface area contributed by atoms with Crippen LogP contribution in [0.2, 0.25) is 19.6 Å². The largest absolute Gasteiger partial charge is 0.545 e. The molecule has 2 saturated carbocycles. The highest BCUT2D eigenvalue weighted by molar-refractivity contribution is 6.70. The quantitative estimate of drug-likeness (QED) is 0.222. The van der Waals surface area contributed by atoms with Gasteiger partial charge in [-0.25, -0.2) is 0 Å². The van der Waals surface area contributed by atoms with E-state index in [4.69, 9.17) is 9.16 Å². The second-order valence-corrected chi connectivity index (χ2v) is 16.0. The van der Waals surface area contributed by atoms with E-state index in [1.807, 2.05) is 6.08 Å². The molecule has 5 heteroatoms. The fourth-order valence-electron chi connectivity index (χ4n) is 6.98. The molecule has 0 radical (unpaired) electrons. The Hall–Kier alpha value is -1.88. The lowest BCUT2D eigenvalue weighted by Gasteiger charge is -2.51. The van der Waals surface area contributed by atoms with Crippen molar-refractivity contribution in [2.75, 3.05) is 6.61 Å². The molecule has 4 aliphatic rings. The average molecular weight is 455 g/mol. The molecular formula is C27H38O4Si. The van der Waals surface area contributed by atoms with Crippen molar-refractivity contribution in [2.24, 2.45) is 28.6 Å². The summed E-state index contributed by atoms with van der Waals surface area (Å²) in [6.07, 6.45) is 12.4. The number of hydrogen-bond acceptors (Lipinski definition) is 4. The molecule has 174 valence electrons. The van der Waals surface area contributed by atoms with E-state index in [9.17, 15) is 9.59 Å². The molecule has 0 spiro atoms. The third-order valence-electron chi connectivity index (χ3n) is 8.19. The standard InChI is InChI=1S/C27H38O4Si/c1-17-14-23-21-9-8-19-15-20(29)10-12-26(19,3)22(21)11-13-27(23,4)25(17)24(16-30-18(2)28)31-32(5,6)7/h10-12,15,17,21,23H,8-9,13-14,16H2,1-7H3. The fraction of sp³-hybridized carbons (Fsp3) is 0.630. The van der Waals surface area contributed by atoms with E-state index in [0.717, 1.165) is 31.4 Å². The summed E-state index contributed by atoms with van der Waals surface area (Å²) < 4.78 is 12.0. The van der Waals surface area contributed by atoms with Gasteiger partial charge in [0.15, 0.2) is 5.78 Å². The van der Waals surface area contributed by atoms with Crippen molar-refractivity contribution in [2.45, 2.75) is 73.0 Å². The van der Waals surface area contributed by atoms with E-state index < -0.39 is 8.32 Å². The summed E-state index contributed by atoms with van der Waals surface area (Å²) in [7, 11) is -1.87. The van der Waals surface area contributed by atoms with Crippen LogP contribution < -0.4 is 0 Å². The second kappa shape index (κ2) is 7.86. The van der Waals surface area contributed by atoms with Crippen LogP contribution in [0.3, 0.4) is 0 Å². The number of fused-ring (bicyclic) bond motifs is 5. The van der Waals surface area contributed by atoms with Gasteiger partial charge in [-0.2, -0.15) is 0 Å². The van der Waals surface area contributed by atoms with Gasteiger partial charge in [-0.15, -0.1) is 0 Å². The predicted molar refractivity (Wildman–Crippen MR) is 129 cm³/mol. The highest BCUT2D eigenvalue weighted by Crippen LogP contribution is 2.65. The van der Waals surface area contributed by atoms with Crippen LogP contribution in [0.1, 0.15) is 53.4 Å². The molecule has 0 bridgehead atoms. The number of esters is 1. The van der Waals surface area contributed by atoms with Crippen molar-refractivity contribution in [3.05, 3.63) is 46.8 Å². The molecule has 0 saturated heterocycles. The number of allylic oxidation sites excluding steroid dienone is 7. The zero-order valence-electron chi connectivity index (χ0n) is 20.7. The molecule has 32 heavy (non-hydrogen) atoms. The molecule has 5 unspecified atom stereocenters. The van der Waals surface area contributed by atoms with Crippen LogP contribution in [0.5, 0.6) is 0 Å². The Balaban J connectivity index is 1.76. The maximum absolute atomic E-state index is 12.0. The van der Waals surface area contributed by atoms with Crippen molar-refractivity contribution in [1.82, 2.24) is 0 Å². The molecular weight excluding hydrogens is 416 g/mol. The lowest BCUT2D eigenvalue weighted by molar-refractivity contribution is -0.140. The number of rotatable bonds is 4. The Morgan fingerprint density at radius 1 is 1.25 bits per heavy atom. The molecule has 0 amide bonds. The molecule has 4 rings (SSSR count). The smallest absolute Gasteiger partial charge is 0.303 e. The van der Waals surface area contributed by atoms with Gasteiger partial charge in [-0.3, -0.25) is 9.59 Å². The third-order valence-corrected chi connectivity index (χ3v) is 9.05. The van der Waals surface area contributed by atoms with E-state index in [1.165, 1.54) is 23.6 Å². The lowest BCUT2D eigenvalue weighted by atomic mass is 9.53. The van der Waals surface area contributed by atoms with E-state index in [1.54, 1.807) is 6.08 Å². The van der Waals surface area contributed by atoms with Crippen LogP contribution in [-0.4, -0.2) is 26.7 Å². The van der Waals surface area contributed by atoms with Gasteiger partial charge < -0.3 is 9.16 Å². The third kappa shape index (κ3) is 3.87. The van der Waals surface area contributed by atoms with Gasteiger partial charge in [0.2, 0.25) is 8.32 Å². The van der Waals surface area contributed by atoms with Gasteiger partial charge in [0.05, 0.1) is 0 Å². The first-order valence-electron chi connectivity index (χ1n) is 12.1. The minimum absolute atomic E-state index is 0.00843. The average Bonchev–Trinajstić information content (AvgIpc) is 2.95. The zero-order chi connectivity index (χ0) is 23.5. The summed E-state index contributed by atoms with van der Waals surface area (Å²) in [6.45, 7) is 15.3. The highest BCUT2D eigenvalue weighted by Gasteiger charge is 2.56. The Morgan fingerprint density at radius 2 is 1.97 bits per heavy atom. The number of hydrogen-bond donors (Lipinski definition) is 0. The van der Waals surface area contributed by atoms with Gasteiger partial charge >= 0.3 is 5.97 Å². The lowest BCUT2D eigenvalue weighted by Crippen LogP contribution is -2.42. The van der Waals surface area contributed by atoms with Gasteiger partial charge in [0.1, 0.15) is 12.4 Å². The molecule has 4 aliphatic carbocycles. The summed E-state index contributed by atoms with van der Waals surface area (Å²) in [5, 5.41) is 0. The van der Waals surface area contributed by atoms with Crippen LogP contribution >= 0.6 is 0 Å². The van der Waals surface area contributed by atoms with Crippen molar-refractivity contribution < 1.29 is 18.8 Å².